The van der Waals surface area contributed by atoms with Crippen LogP contribution in [-0.2, 0) is 9.84 Å². The molecule has 1 atom stereocenters. The third-order valence-corrected chi connectivity index (χ3v) is 5.33. The summed E-state index contributed by atoms with van der Waals surface area (Å²) in [5, 5.41) is 8.21. The van der Waals surface area contributed by atoms with Crippen LogP contribution in [0.15, 0.2) is 35.7 Å². The predicted molar refractivity (Wildman–Crippen MR) is 85.7 cm³/mol. The largest absolute Gasteiger partial charge is 0.355 e. The third kappa shape index (κ3) is 2.97. The Kier molecular flexibility index (Phi) is 3.45. The van der Waals surface area contributed by atoms with Crippen LogP contribution in [0.4, 0.5) is 5.13 Å². The molecule has 1 aliphatic heterocycles. The Balaban J connectivity index is 1.66. The minimum Gasteiger partial charge on any atom is -0.355 e. The van der Waals surface area contributed by atoms with E-state index >= 15 is 0 Å². The van der Waals surface area contributed by atoms with Crippen LogP contribution in [0.25, 0.3) is 10.2 Å². The minimum absolute atomic E-state index is 0.0364. The molecule has 1 aromatic heterocycles. The quantitative estimate of drug-likeness (QED) is 0.822. The van der Waals surface area contributed by atoms with Gasteiger partial charge in [-0.1, -0.05) is 23.5 Å². The van der Waals surface area contributed by atoms with E-state index in [1.165, 1.54) is 16.7 Å². The lowest BCUT2D eigenvalue weighted by Gasteiger charge is -2.12. The molecule has 0 saturated heterocycles. The van der Waals surface area contributed by atoms with Crippen LogP contribution in [0, 0.1) is 0 Å². The summed E-state index contributed by atoms with van der Waals surface area (Å²) >= 11 is 6.67. The van der Waals surface area contributed by atoms with E-state index in [-0.39, 0.29) is 11.8 Å². The molecule has 0 bridgehead atoms. The molecule has 1 aliphatic rings. The maximum absolute atomic E-state index is 11.3. The molecular weight excluding hydrogens is 314 g/mol. The van der Waals surface area contributed by atoms with Gasteiger partial charge >= 0.3 is 0 Å². The van der Waals surface area contributed by atoms with Crippen molar-refractivity contribution in [2.75, 3.05) is 11.1 Å². The summed E-state index contributed by atoms with van der Waals surface area (Å²) in [4.78, 5) is 4.40. The summed E-state index contributed by atoms with van der Waals surface area (Å²) in [6.07, 6.45) is 1.60. The number of aromatic nitrogens is 1. The van der Waals surface area contributed by atoms with Crippen LogP contribution in [-0.4, -0.2) is 30.3 Å². The Morgan fingerprint density at radius 1 is 1.40 bits per heavy atom. The highest BCUT2D eigenvalue weighted by Crippen LogP contribution is 2.25. The second-order valence-corrected chi connectivity index (χ2v) is 7.72. The average molecular weight is 325 g/mol. The number of hydrogen-bond acceptors (Lipinski definition) is 5. The third-order valence-electron chi connectivity index (χ3n) is 2.76. The van der Waals surface area contributed by atoms with Gasteiger partial charge in [0.05, 0.1) is 22.0 Å². The van der Waals surface area contributed by atoms with E-state index in [1.54, 1.807) is 6.08 Å². The van der Waals surface area contributed by atoms with E-state index in [2.05, 4.69) is 15.6 Å². The normalized spacial score (nSPS) is 20.1. The Morgan fingerprint density at radius 2 is 2.20 bits per heavy atom. The van der Waals surface area contributed by atoms with Gasteiger partial charge in [0.1, 0.15) is 0 Å². The number of thiocarbonyl (C=S) groups is 1. The molecule has 1 aromatic carbocycles. The summed E-state index contributed by atoms with van der Waals surface area (Å²) in [5.74, 6) is 0.0364. The first-order valence-electron chi connectivity index (χ1n) is 5.86. The topological polar surface area (TPSA) is 71.1 Å². The molecule has 2 aromatic rings. The van der Waals surface area contributed by atoms with Crippen LogP contribution < -0.4 is 10.6 Å². The van der Waals surface area contributed by atoms with E-state index < -0.39 is 9.84 Å². The number of benzene rings is 1. The van der Waals surface area contributed by atoms with Crippen LogP contribution in [0.3, 0.4) is 0 Å². The molecule has 5 nitrogen and oxygen atoms in total. The van der Waals surface area contributed by atoms with Crippen molar-refractivity contribution >= 4 is 53.9 Å². The number of sulfone groups is 1. The number of rotatable bonds is 2. The van der Waals surface area contributed by atoms with Gasteiger partial charge in [-0.25, -0.2) is 13.4 Å². The molecule has 2 N–H and O–H groups in total. The van der Waals surface area contributed by atoms with Gasteiger partial charge < -0.3 is 10.6 Å². The van der Waals surface area contributed by atoms with E-state index in [0.717, 1.165) is 10.2 Å². The van der Waals surface area contributed by atoms with Gasteiger partial charge in [0.2, 0.25) is 0 Å². The van der Waals surface area contributed by atoms with E-state index in [1.807, 2.05) is 24.3 Å². The number of hydrogen-bond donors (Lipinski definition) is 2. The van der Waals surface area contributed by atoms with Gasteiger partial charge in [-0.3, -0.25) is 0 Å². The zero-order valence-electron chi connectivity index (χ0n) is 10.2. The number of nitrogens with zero attached hydrogens (tertiary/aromatic N) is 1. The number of para-hydroxylation sites is 1. The van der Waals surface area contributed by atoms with Gasteiger partial charge in [-0.15, -0.1) is 0 Å². The molecule has 2 heterocycles. The lowest BCUT2D eigenvalue weighted by Crippen LogP contribution is -2.38. The van der Waals surface area contributed by atoms with Gasteiger partial charge in [0.15, 0.2) is 20.1 Å². The Labute approximate surface area is 125 Å². The van der Waals surface area contributed by atoms with E-state index in [0.29, 0.717) is 10.2 Å². The SMILES string of the molecule is O=S1(=O)C=C[C@H](NC(=S)Nc2nc3ccccc3s2)C1. The van der Waals surface area contributed by atoms with Crippen molar-refractivity contribution in [1.29, 1.82) is 0 Å². The Morgan fingerprint density at radius 3 is 2.90 bits per heavy atom. The first kappa shape index (κ1) is 13.5. The fraction of sp³-hybridized carbons (Fsp3) is 0.167. The molecule has 0 unspecified atom stereocenters. The maximum Gasteiger partial charge on any atom is 0.190 e. The monoisotopic (exact) mass is 325 g/mol. The molecule has 0 fully saturated rings. The number of anilines is 1. The predicted octanol–water partition coefficient (Wildman–Crippen LogP) is 1.89. The second-order valence-electron chi connectivity index (χ2n) is 4.35. The summed E-state index contributed by atoms with van der Waals surface area (Å²) in [5.41, 5.74) is 0.908. The van der Waals surface area contributed by atoms with Crippen molar-refractivity contribution in [3.05, 3.63) is 35.7 Å². The van der Waals surface area contributed by atoms with Crippen molar-refractivity contribution in [3.63, 3.8) is 0 Å². The summed E-state index contributed by atoms with van der Waals surface area (Å²) in [7, 11) is -3.08. The zero-order valence-corrected chi connectivity index (χ0v) is 12.7. The highest BCUT2D eigenvalue weighted by atomic mass is 32.2. The maximum atomic E-state index is 11.3. The van der Waals surface area contributed by atoms with E-state index in [4.69, 9.17) is 12.2 Å². The molecule has 8 heteroatoms. The van der Waals surface area contributed by atoms with Crippen molar-refractivity contribution in [1.82, 2.24) is 10.3 Å². The Bertz CT molecular complexity index is 762. The average Bonchev–Trinajstić information content (AvgIpc) is 2.91. The van der Waals surface area contributed by atoms with Crippen LogP contribution in [0.2, 0.25) is 0 Å². The molecule has 104 valence electrons. The second kappa shape index (κ2) is 5.12. The zero-order chi connectivity index (χ0) is 14.2. The van der Waals surface area contributed by atoms with Crippen LogP contribution >= 0.6 is 23.6 Å². The van der Waals surface area contributed by atoms with Gasteiger partial charge in [0, 0.05) is 5.41 Å². The van der Waals surface area contributed by atoms with Crippen LogP contribution in [0.5, 0.6) is 0 Å². The molecular formula is C12H11N3O2S3. The van der Waals surface area contributed by atoms with Crippen molar-refractivity contribution in [2.24, 2.45) is 0 Å². The fourth-order valence-corrected chi connectivity index (χ4v) is 4.31. The standard InChI is InChI=1S/C12H11N3O2S3/c16-20(17)6-5-8(7-20)13-11(18)15-12-14-9-3-1-2-4-10(9)19-12/h1-6,8H,7H2,(H2,13,14,15,18)/t8-/m0/s1. The first-order chi connectivity index (χ1) is 9.52. The lowest BCUT2D eigenvalue weighted by atomic mass is 10.3. The lowest BCUT2D eigenvalue weighted by molar-refractivity contribution is 0.603. The van der Waals surface area contributed by atoms with Crippen molar-refractivity contribution in [3.8, 4) is 0 Å². The summed E-state index contributed by atoms with van der Waals surface area (Å²) in [6.45, 7) is 0. The fourth-order valence-electron chi connectivity index (χ4n) is 1.89. The van der Waals surface area contributed by atoms with Gasteiger partial charge in [0.25, 0.3) is 0 Å². The highest BCUT2D eigenvalue weighted by molar-refractivity contribution is 7.94. The molecule has 0 amide bonds. The Hall–Kier alpha value is -1.51. The number of thiazole rings is 1. The molecule has 0 saturated carbocycles. The molecule has 0 radical (unpaired) electrons. The first-order valence-corrected chi connectivity index (χ1v) is 8.80. The molecule has 0 spiro atoms. The van der Waals surface area contributed by atoms with Crippen molar-refractivity contribution < 1.29 is 8.42 Å². The van der Waals surface area contributed by atoms with E-state index in [9.17, 15) is 8.42 Å². The van der Waals surface area contributed by atoms with Gasteiger partial charge in [-0.2, -0.15) is 0 Å². The molecule has 0 aliphatic carbocycles. The van der Waals surface area contributed by atoms with Gasteiger partial charge in [-0.05, 0) is 30.4 Å². The molecule has 3 rings (SSSR count). The smallest absolute Gasteiger partial charge is 0.190 e. The molecule has 20 heavy (non-hydrogen) atoms. The van der Waals surface area contributed by atoms with Crippen LogP contribution in [0.1, 0.15) is 0 Å². The van der Waals surface area contributed by atoms with Crippen molar-refractivity contribution in [2.45, 2.75) is 6.04 Å². The number of nitrogens with one attached hydrogen (secondary N) is 2. The summed E-state index contributed by atoms with van der Waals surface area (Å²) in [6, 6.07) is 7.51. The highest BCUT2D eigenvalue weighted by Gasteiger charge is 2.22. The number of fused-ring (bicyclic) bond motifs is 1. The summed E-state index contributed by atoms with van der Waals surface area (Å²) < 4.78 is 23.7. The minimum atomic E-state index is -3.08.